The van der Waals surface area contributed by atoms with Crippen LogP contribution in [-0.2, 0) is 15.1 Å². The SMILES string of the molecule is C#CC1CC2C(CCCC2(O)c2ccccc2)N1C(=O)O[C@@H]1CCOC1. The Morgan fingerprint density at radius 1 is 1.35 bits per heavy atom. The normalized spacial score (nSPS) is 36.4. The first-order chi connectivity index (χ1) is 12.6. The van der Waals surface area contributed by atoms with Crippen LogP contribution >= 0.6 is 0 Å². The van der Waals surface area contributed by atoms with Crippen LogP contribution in [0.3, 0.4) is 0 Å². The van der Waals surface area contributed by atoms with Gasteiger partial charge in [-0.3, -0.25) is 4.90 Å². The van der Waals surface area contributed by atoms with Crippen LogP contribution in [0.2, 0.25) is 0 Å². The van der Waals surface area contributed by atoms with Crippen LogP contribution < -0.4 is 0 Å². The average Bonchev–Trinajstić information content (AvgIpc) is 3.30. The van der Waals surface area contributed by atoms with Gasteiger partial charge in [-0.15, -0.1) is 6.42 Å². The predicted molar refractivity (Wildman–Crippen MR) is 96.2 cm³/mol. The van der Waals surface area contributed by atoms with Crippen LogP contribution in [0.1, 0.15) is 37.7 Å². The van der Waals surface area contributed by atoms with E-state index in [9.17, 15) is 9.90 Å². The van der Waals surface area contributed by atoms with Crippen molar-refractivity contribution in [2.24, 2.45) is 5.92 Å². The van der Waals surface area contributed by atoms with E-state index in [0.29, 0.717) is 26.1 Å². The zero-order valence-electron chi connectivity index (χ0n) is 14.8. The molecule has 5 heteroatoms. The Balaban J connectivity index is 1.60. The zero-order chi connectivity index (χ0) is 18.1. The second-order valence-electron chi connectivity index (χ2n) is 7.55. The molecule has 1 saturated carbocycles. The number of ether oxygens (including phenoxy) is 2. The summed E-state index contributed by atoms with van der Waals surface area (Å²) < 4.78 is 10.9. The van der Waals surface area contributed by atoms with Crippen LogP contribution in [0.5, 0.6) is 0 Å². The Labute approximate surface area is 154 Å². The van der Waals surface area contributed by atoms with Gasteiger partial charge < -0.3 is 14.6 Å². The molecule has 1 aliphatic carbocycles. The zero-order valence-corrected chi connectivity index (χ0v) is 14.8. The number of aliphatic hydroxyl groups is 1. The first-order valence-corrected chi connectivity index (χ1v) is 9.44. The summed E-state index contributed by atoms with van der Waals surface area (Å²) in [6.07, 6.45) is 8.88. The Kier molecular flexibility index (Phi) is 4.64. The average molecular weight is 355 g/mol. The quantitative estimate of drug-likeness (QED) is 0.829. The number of fused-ring (bicyclic) bond motifs is 1. The Morgan fingerprint density at radius 3 is 2.85 bits per heavy atom. The molecule has 26 heavy (non-hydrogen) atoms. The highest BCUT2D eigenvalue weighted by atomic mass is 16.6. The van der Waals surface area contributed by atoms with Crippen molar-refractivity contribution in [3.63, 3.8) is 0 Å². The van der Waals surface area contributed by atoms with Crippen LogP contribution in [0, 0.1) is 18.3 Å². The summed E-state index contributed by atoms with van der Waals surface area (Å²) in [5, 5.41) is 11.5. The topological polar surface area (TPSA) is 59.0 Å². The fourth-order valence-electron chi connectivity index (χ4n) is 4.86. The van der Waals surface area contributed by atoms with Crippen molar-refractivity contribution < 1.29 is 19.4 Å². The van der Waals surface area contributed by atoms with E-state index in [1.165, 1.54) is 0 Å². The van der Waals surface area contributed by atoms with Gasteiger partial charge in [0.25, 0.3) is 0 Å². The molecule has 138 valence electrons. The highest BCUT2D eigenvalue weighted by molar-refractivity contribution is 5.70. The molecule has 1 N–H and O–H groups in total. The molecule has 1 aromatic rings. The number of amides is 1. The monoisotopic (exact) mass is 355 g/mol. The molecule has 1 amide bonds. The van der Waals surface area contributed by atoms with E-state index in [2.05, 4.69) is 5.92 Å². The molecule has 0 bridgehead atoms. The third-order valence-electron chi connectivity index (χ3n) is 6.14. The first-order valence-electron chi connectivity index (χ1n) is 9.44. The van der Waals surface area contributed by atoms with Gasteiger partial charge in [0.05, 0.1) is 24.9 Å². The van der Waals surface area contributed by atoms with Gasteiger partial charge in [-0.1, -0.05) is 36.3 Å². The van der Waals surface area contributed by atoms with Crippen LogP contribution in [-0.4, -0.2) is 47.5 Å². The summed E-state index contributed by atoms with van der Waals surface area (Å²) >= 11 is 0. The first kappa shape index (κ1) is 17.4. The molecule has 3 aliphatic rings. The van der Waals surface area contributed by atoms with E-state index < -0.39 is 5.60 Å². The molecular weight excluding hydrogens is 330 g/mol. The molecule has 0 spiro atoms. The fourth-order valence-corrected chi connectivity index (χ4v) is 4.86. The van der Waals surface area contributed by atoms with Crippen molar-refractivity contribution in [1.29, 1.82) is 0 Å². The third kappa shape index (κ3) is 2.87. The number of carbonyl (C=O) groups excluding carboxylic acids is 1. The highest BCUT2D eigenvalue weighted by Gasteiger charge is 2.55. The van der Waals surface area contributed by atoms with E-state index in [-0.39, 0.29) is 30.2 Å². The molecule has 4 unspecified atom stereocenters. The minimum atomic E-state index is -0.954. The molecule has 0 radical (unpaired) electrons. The third-order valence-corrected chi connectivity index (χ3v) is 6.14. The fraction of sp³-hybridized carbons (Fsp3) is 0.571. The largest absolute Gasteiger partial charge is 0.444 e. The van der Waals surface area contributed by atoms with Gasteiger partial charge in [0.1, 0.15) is 6.10 Å². The molecule has 2 heterocycles. The molecule has 2 saturated heterocycles. The van der Waals surface area contributed by atoms with Gasteiger partial charge in [-0.2, -0.15) is 0 Å². The van der Waals surface area contributed by atoms with E-state index in [1.807, 2.05) is 30.3 Å². The Morgan fingerprint density at radius 2 is 2.15 bits per heavy atom. The second kappa shape index (κ2) is 6.94. The molecule has 2 aliphatic heterocycles. The van der Waals surface area contributed by atoms with Crippen molar-refractivity contribution in [3.05, 3.63) is 35.9 Å². The molecule has 1 aromatic carbocycles. The van der Waals surface area contributed by atoms with Gasteiger partial charge >= 0.3 is 6.09 Å². The van der Waals surface area contributed by atoms with Crippen LogP contribution in [0.25, 0.3) is 0 Å². The van der Waals surface area contributed by atoms with Gasteiger partial charge in [-0.05, 0) is 31.2 Å². The number of rotatable bonds is 2. The highest BCUT2D eigenvalue weighted by Crippen LogP contribution is 2.50. The Hall–Kier alpha value is -2.03. The summed E-state index contributed by atoms with van der Waals surface area (Å²) in [4.78, 5) is 14.5. The van der Waals surface area contributed by atoms with Crippen molar-refractivity contribution in [1.82, 2.24) is 4.90 Å². The molecule has 5 nitrogen and oxygen atoms in total. The number of likely N-dealkylation sites (tertiary alicyclic amines) is 1. The van der Waals surface area contributed by atoms with Gasteiger partial charge in [0, 0.05) is 18.4 Å². The summed E-state index contributed by atoms with van der Waals surface area (Å²) in [5.41, 5.74) is -0.0463. The van der Waals surface area contributed by atoms with Crippen molar-refractivity contribution in [3.8, 4) is 12.3 Å². The molecule has 3 fully saturated rings. The molecular formula is C21H25NO4. The number of carbonyl (C=O) groups is 1. The number of nitrogens with zero attached hydrogens (tertiary/aromatic N) is 1. The predicted octanol–water partition coefficient (Wildman–Crippen LogP) is 2.68. The lowest BCUT2D eigenvalue weighted by atomic mass is 9.69. The minimum absolute atomic E-state index is 0.0768. The maximum absolute atomic E-state index is 12.8. The standard InChI is InChI=1S/C21H25NO4/c1-2-16-13-18-19(22(16)20(23)26-17-10-12-25-14-17)9-6-11-21(18,24)15-7-4-3-5-8-15/h1,3-5,7-8,16-19,24H,6,9-14H2/t16?,17-,18?,19?,21?/m1/s1. The molecule has 5 atom stereocenters. The lowest BCUT2D eigenvalue weighted by Gasteiger charge is -2.43. The van der Waals surface area contributed by atoms with Crippen LogP contribution in [0.15, 0.2) is 30.3 Å². The van der Waals surface area contributed by atoms with Crippen molar-refractivity contribution in [2.75, 3.05) is 13.2 Å². The number of benzene rings is 1. The van der Waals surface area contributed by atoms with E-state index in [4.69, 9.17) is 15.9 Å². The van der Waals surface area contributed by atoms with Crippen LogP contribution in [0.4, 0.5) is 4.79 Å². The van der Waals surface area contributed by atoms with Gasteiger partial charge in [0.2, 0.25) is 0 Å². The minimum Gasteiger partial charge on any atom is -0.444 e. The summed E-state index contributed by atoms with van der Waals surface area (Å²) in [7, 11) is 0. The number of hydrogen-bond donors (Lipinski definition) is 1. The molecule has 0 aromatic heterocycles. The lowest BCUT2D eigenvalue weighted by Crippen LogP contribution is -2.50. The Bertz CT molecular complexity index is 694. The maximum Gasteiger partial charge on any atom is 0.411 e. The van der Waals surface area contributed by atoms with Gasteiger partial charge in [0.15, 0.2) is 0 Å². The number of hydrogen-bond acceptors (Lipinski definition) is 4. The van der Waals surface area contributed by atoms with Crippen molar-refractivity contribution in [2.45, 2.75) is 55.9 Å². The molecule has 4 rings (SSSR count). The summed E-state index contributed by atoms with van der Waals surface area (Å²) in [5.74, 6) is 2.67. The van der Waals surface area contributed by atoms with E-state index in [1.54, 1.807) is 4.90 Å². The lowest BCUT2D eigenvalue weighted by molar-refractivity contribution is -0.0681. The summed E-state index contributed by atoms with van der Waals surface area (Å²) in [6, 6.07) is 9.32. The van der Waals surface area contributed by atoms with Crippen molar-refractivity contribution >= 4 is 6.09 Å². The van der Waals surface area contributed by atoms with Gasteiger partial charge in [-0.25, -0.2) is 4.79 Å². The summed E-state index contributed by atoms with van der Waals surface area (Å²) in [6.45, 7) is 1.07. The van der Waals surface area contributed by atoms with E-state index >= 15 is 0 Å². The number of terminal acetylenes is 1. The smallest absolute Gasteiger partial charge is 0.411 e. The maximum atomic E-state index is 12.8. The second-order valence-corrected chi connectivity index (χ2v) is 7.55. The van der Waals surface area contributed by atoms with E-state index in [0.717, 1.165) is 24.8 Å².